The summed E-state index contributed by atoms with van der Waals surface area (Å²) in [5.41, 5.74) is 6.73. The van der Waals surface area contributed by atoms with Crippen molar-refractivity contribution in [1.82, 2.24) is 0 Å². The number of nitrogens with two attached hydrogens (primary N) is 1. The van der Waals surface area contributed by atoms with Crippen LogP contribution in [-0.4, -0.2) is 16.2 Å². The molecule has 2 bridgehead atoms. The normalized spacial score (nSPS) is 60.4. The molecule has 0 saturated heterocycles. The van der Waals surface area contributed by atoms with Gasteiger partial charge in [0.05, 0.1) is 5.60 Å². The van der Waals surface area contributed by atoms with Crippen LogP contribution in [0, 0.1) is 22.7 Å². The van der Waals surface area contributed by atoms with E-state index in [0.717, 1.165) is 31.6 Å². The number of rotatable bonds is 0. The van der Waals surface area contributed by atoms with Crippen molar-refractivity contribution in [3.05, 3.63) is 0 Å². The Labute approximate surface area is 105 Å². The quantitative estimate of drug-likeness (QED) is 0.680. The lowest BCUT2D eigenvalue weighted by Gasteiger charge is -2.46. The summed E-state index contributed by atoms with van der Waals surface area (Å²) < 4.78 is 0. The Morgan fingerprint density at radius 3 is 2.41 bits per heavy atom. The highest BCUT2D eigenvalue weighted by Gasteiger charge is 2.74. The van der Waals surface area contributed by atoms with Gasteiger partial charge in [0.1, 0.15) is 0 Å². The summed E-state index contributed by atoms with van der Waals surface area (Å²) >= 11 is 0. The van der Waals surface area contributed by atoms with Crippen molar-refractivity contribution in [3.63, 3.8) is 0 Å². The second-order valence-electron chi connectivity index (χ2n) is 7.90. The Kier molecular flexibility index (Phi) is 2.05. The maximum Gasteiger partial charge on any atom is 0.0654 e. The second-order valence-corrected chi connectivity index (χ2v) is 7.90. The molecular formula is C15H27NO. The first kappa shape index (κ1) is 12.0. The standard InChI is InChI=1S/C15H27NO/c1-10-5-6-15(16)12(2,3)11-9-14(10,15)8-7-13(11,4)17/h10-11,17H,5-9,16H2,1-4H3/t10-,11+,13-,14-,15+/m0/s1. The molecule has 0 radical (unpaired) electrons. The average molecular weight is 237 g/mol. The van der Waals surface area contributed by atoms with Crippen molar-refractivity contribution in [3.8, 4) is 0 Å². The van der Waals surface area contributed by atoms with Gasteiger partial charge in [0.15, 0.2) is 0 Å². The molecule has 2 heteroatoms. The second kappa shape index (κ2) is 2.91. The maximum atomic E-state index is 10.7. The highest BCUT2D eigenvalue weighted by Crippen LogP contribution is 2.73. The Hall–Kier alpha value is -0.0800. The predicted molar refractivity (Wildman–Crippen MR) is 69.5 cm³/mol. The summed E-state index contributed by atoms with van der Waals surface area (Å²) in [5.74, 6) is 1.10. The van der Waals surface area contributed by atoms with Crippen molar-refractivity contribution in [2.24, 2.45) is 28.4 Å². The van der Waals surface area contributed by atoms with Gasteiger partial charge < -0.3 is 10.8 Å². The van der Waals surface area contributed by atoms with E-state index in [-0.39, 0.29) is 11.0 Å². The Bertz CT molecular complexity index is 362. The van der Waals surface area contributed by atoms with Gasteiger partial charge in [0, 0.05) is 5.54 Å². The number of hydrogen-bond acceptors (Lipinski definition) is 2. The zero-order valence-electron chi connectivity index (χ0n) is 11.7. The molecule has 3 aliphatic rings. The Morgan fingerprint density at radius 2 is 1.76 bits per heavy atom. The first-order valence-electron chi connectivity index (χ1n) is 7.19. The number of aliphatic hydroxyl groups is 1. The third-order valence-electron chi connectivity index (χ3n) is 7.22. The van der Waals surface area contributed by atoms with Gasteiger partial charge in [-0.1, -0.05) is 20.8 Å². The molecule has 2 nitrogen and oxygen atoms in total. The molecule has 0 aromatic carbocycles. The molecule has 3 saturated carbocycles. The minimum absolute atomic E-state index is 0.0510. The van der Waals surface area contributed by atoms with Crippen molar-refractivity contribution >= 4 is 0 Å². The van der Waals surface area contributed by atoms with Gasteiger partial charge in [-0.25, -0.2) is 0 Å². The molecule has 0 heterocycles. The molecule has 3 aliphatic carbocycles. The van der Waals surface area contributed by atoms with Crippen molar-refractivity contribution < 1.29 is 5.11 Å². The van der Waals surface area contributed by atoms with E-state index >= 15 is 0 Å². The monoisotopic (exact) mass is 237 g/mol. The van der Waals surface area contributed by atoms with Crippen molar-refractivity contribution in [2.45, 2.75) is 70.9 Å². The fourth-order valence-electron chi connectivity index (χ4n) is 5.91. The highest BCUT2D eigenvalue weighted by atomic mass is 16.3. The maximum absolute atomic E-state index is 10.7. The van der Waals surface area contributed by atoms with Crippen molar-refractivity contribution in [2.75, 3.05) is 0 Å². The third-order valence-corrected chi connectivity index (χ3v) is 7.22. The summed E-state index contributed by atoms with van der Waals surface area (Å²) in [6.45, 7) is 9.02. The summed E-state index contributed by atoms with van der Waals surface area (Å²) in [7, 11) is 0. The van der Waals surface area contributed by atoms with Gasteiger partial charge in [0.2, 0.25) is 0 Å². The zero-order chi connectivity index (χ0) is 12.7. The minimum Gasteiger partial charge on any atom is -0.390 e. The number of fused-ring (bicyclic) bond motifs is 1. The van der Waals surface area contributed by atoms with Gasteiger partial charge >= 0.3 is 0 Å². The highest BCUT2D eigenvalue weighted by molar-refractivity contribution is 5.27. The summed E-state index contributed by atoms with van der Waals surface area (Å²) in [4.78, 5) is 0. The van der Waals surface area contributed by atoms with Crippen LogP contribution in [0.15, 0.2) is 0 Å². The van der Waals surface area contributed by atoms with E-state index in [1.165, 1.54) is 6.42 Å². The van der Waals surface area contributed by atoms with Crippen LogP contribution >= 0.6 is 0 Å². The zero-order valence-corrected chi connectivity index (χ0v) is 11.7. The van der Waals surface area contributed by atoms with E-state index < -0.39 is 5.60 Å². The lowest BCUT2D eigenvalue weighted by molar-refractivity contribution is -0.0718. The topological polar surface area (TPSA) is 46.2 Å². The molecule has 3 fully saturated rings. The third kappa shape index (κ3) is 1.06. The first-order valence-corrected chi connectivity index (χ1v) is 7.19. The van der Waals surface area contributed by atoms with Crippen LogP contribution < -0.4 is 5.73 Å². The number of hydrogen-bond donors (Lipinski definition) is 2. The van der Waals surface area contributed by atoms with Crippen LogP contribution in [0.25, 0.3) is 0 Å². The smallest absolute Gasteiger partial charge is 0.0654 e. The lowest BCUT2D eigenvalue weighted by atomic mass is 9.62. The molecule has 17 heavy (non-hydrogen) atoms. The van der Waals surface area contributed by atoms with Gasteiger partial charge in [-0.2, -0.15) is 0 Å². The molecule has 0 aliphatic heterocycles. The SMILES string of the molecule is C[C@H]1CC[C@@]2(N)C(C)(C)[C@H]3C[C@@]12CC[C@]3(C)O. The fraction of sp³-hybridized carbons (Fsp3) is 1.00. The molecular weight excluding hydrogens is 210 g/mol. The molecule has 5 atom stereocenters. The predicted octanol–water partition coefficient (Wildman–Crippen LogP) is 2.69. The lowest BCUT2D eigenvalue weighted by Crippen LogP contribution is -2.57. The van der Waals surface area contributed by atoms with Gasteiger partial charge in [-0.3, -0.25) is 0 Å². The van der Waals surface area contributed by atoms with E-state index in [1.54, 1.807) is 0 Å². The largest absolute Gasteiger partial charge is 0.390 e. The van der Waals surface area contributed by atoms with Crippen LogP contribution in [0.2, 0.25) is 0 Å². The van der Waals surface area contributed by atoms with Crippen LogP contribution in [0.1, 0.15) is 59.8 Å². The van der Waals surface area contributed by atoms with Crippen LogP contribution in [-0.2, 0) is 0 Å². The van der Waals surface area contributed by atoms with E-state index in [1.807, 2.05) is 6.92 Å². The molecule has 0 amide bonds. The molecule has 0 unspecified atom stereocenters. The van der Waals surface area contributed by atoms with E-state index in [9.17, 15) is 5.11 Å². The van der Waals surface area contributed by atoms with Crippen LogP contribution in [0.3, 0.4) is 0 Å². The average Bonchev–Trinajstić information content (AvgIpc) is 2.55. The van der Waals surface area contributed by atoms with E-state index in [4.69, 9.17) is 5.73 Å². The molecule has 3 N–H and O–H groups in total. The Balaban J connectivity index is 2.15. The van der Waals surface area contributed by atoms with Crippen molar-refractivity contribution in [1.29, 1.82) is 0 Å². The van der Waals surface area contributed by atoms with Crippen LogP contribution in [0.5, 0.6) is 0 Å². The van der Waals surface area contributed by atoms with Gasteiger partial charge in [-0.05, 0) is 61.7 Å². The van der Waals surface area contributed by atoms with Gasteiger partial charge in [-0.15, -0.1) is 0 Å². The first-order chi connectivity index (χ1) is 7.67. The van der Waals surface area contributed by atoms with Gasteiger partial charge in [0.25, 0.3) is 0 Å². The molecule has 3 rings (SSSR count). The molecule has 0 aromatic heterocycles. The Morgan fingerprint density at radius 1 is 1.12 bits per heavy atom. The molecule has 0 aromatic rings. The molecule has 1 spiro atoms. The van der Waals surface area contributed by atoms with Crippen LogP contribution in [0.4, 0.5) is 0 Å². The van der Waals surface area contributed by atoms with E-state index in [0.29, 0.717) is 11.3 Å². The molecule has 98 valence electrons. The van der Waals surface area contributed by atoms with E-state index in [2.05, 4.69) is 20.8 Å². The minimum atomic E-state index is -0.509. The fourth-order valence-corrected chi connectivity index (χ4v) is 5.91. The summed E-state index contributed by atoms with van der Waals surface area (Å²) in [6.07, 6.45) is 5.62. The summed E-state index contributed by atoms with van der Waals surface area (Å²) in [6, 6.07) is 0. The summed E-state index contributed by atoms with van der Waals surface area (Å²) in [5, 5.41) is 10.7.